The van der Waals surface area contributed by atoms with Gasteiger partial charge >= 0.3 is 0 Å². The van der Waals surface area contributed by atoms with Crippen LogP contribution in [0.15, 0.2) is 97.1 Å². The van der Waals surface area contributed by atoms with Gasteiger partial charge in [-0.15, -0.1) is 0 Å². The predicted octanol–water partition coefficient (Wildman–Crippen LogP) is 7.05. The van der Waals surface area contributed by atoms with Gasteiger partial charge in [0.05, 0.1) is 16.6 Å². The Kier molecular flexibility index (Phi) is 3.83. The molecular formula is C26H16ClN3. The van der Waals surface area contributed by atoms with E-state index in [1.165, 1.54) is 10.8 Å². The first kappa shape index (κ1) is 17.2. The van der Waals surface area contributed by atoms with Crippen molar-refractivity contribution < 1.29 is 0 Å². The van der Waals surface area contributed by atoms with Crippen LogP contribution in [0, 0.1) is 0 Å². The first-order valence-corrected chi connectivity index (χ1v) is 10.2. The number of hydrogen-bond acceptors (Lipinski definition) is 2. The van der Waals surface area contributed by atoms with Crippen LogP contribution in [-0.2, 0) is 0 Å². The van der Waals surface area contributed by atoms with E-state index in [2.05, 4.69) is 59.2 Å². The first-order chi connectivity index (χ1) is 14.8. The Balaban J connectivity index is 1.75. The van der Waals surface area contributed by atoms with Crippen LogP contribution in [0.5, 0.6) is 0 Å². The van der Waals surface area contributed by atoms with Crippen LogP contribution in [-0.4, -0.2) is 14.5 Å². The topological polar surface area (TPSA) is 30.7 Å². The zero-order valence-electron chi connectivity index (χ0n) is 16.0. The SMILES string of the molecule is Clc1ccc(-c2nc(-n3c4ccccc4c4ccccc43)c3ccccc3n2)cc1. The number of aromatic nitrogens is 3. The van der Waals surface area contributed by atoms with Gasteiger partial charge in [-0.3, -0.25) is 4.57 Å². The largest absolute Gasteiger partial charge is 0.293 e. The smallest absolute Gasteiger partial charge is 0.162 e. The van der Waals surface area contributed by atoms with Gasteiger partial charge in [0, 0.05) is 26.7 Å². The lowest BCUT2D eigenvalue weighted by molar-refractivity contribution is 1.08. The van der Waals surface area contributed by atoms with Crippen molar-refractivity contribution in [1.29, 1.82) is 0 Å². The maximum absolute atomic E-state index is 6.09. The van der Waals surface area contributed by atoms with Crippen molar-refractivity contribution in [3.05, 3.63) is 102 Å². The Morgan fingerprint density at radius 1 is 0.567 bits per heavy atom. The molecule has 0 unspecified atom stereocenters. The van der Waals surface area contributed by atoms with Gasteiger partial charge < -0.3 is 0 Å². The Bertz CT molecular complexity index is 1500. The third-order valence-electron chi connectivity index (χ3n) is 5.48. The van der Waals surface area contributed by atoms with Crippen LogP contribution in [0.1, 0.15) is 0 Å². The zero-order chi connectivity index (χ0) is 20.1. The number of benzene rings is 4. The highest BCUT2D eigenvalue weighted by Crippen LogP contribution is 2.34. The molecule has 4 heteroatoms. The number of nitrogens with zero attached hydrogens (tertiary/aromatic N) is 3. The maximum atomic E-state index is 6.09. The fourth-order valence-electron chi connectivity index (χ4n) is 4.11. The van der Waals surface area contributed by atoms with Crippen LogP contribution in [0.4, 0.5) is 0 Å². The highest BCUT2D eigenvalue weighted by Gasteiger charge is 2.16. The van der Waals surface area contributed by atoms with Crippen molar-refractivity contribution in [3.63, 3.8) is 0 Å². The van der Waals surface area contributed by atoms with Gasteiger partial charge in [0.1, 0.15) is 5.82 Å². The Hall–Kier alpha value is -3.69. The molecular weight excluding hydrogens is 390 g/mol. The summed E-state index contributed by atoms with van der Waals surface area (Å²) < 4.78 is 2.24. The minimum Gasteiger partial charge on any atom is -0.293 e. The van der Waals surface area contributed by atoms with Crippen LogP contribution in [0.25, 0.3) is 49.9 Å². The van der Waals surface area contributed by atoms with E-state index in [4.69, 9.17) is 21.6 Å². The van der Waals surface area contributed by atoms with Gasteiger partial charge in [-0.25, -0.2) is 9.97 Å². The average molecular weight is 406 g/mol. The minimum atomic E-state index is 0.683. The summed E-state index contributed by atoms with van der Waals surface area (Å²) in [7, 11) is 0. The minimum absolute atomic E-state index is 0.683. The second-order valence-corrected chi connectivity index (χ2v) is 7.70. The number of para-hydroxylation sites is 3. The van der Waals surface area contributed by atoms with Crippen molar-refractivity contribution in [1.82, 2.24) is 14.5 Å². The van der Waals surface area contributed by atoms with Crippen molar-refractivity contribution in [2.24, 2.45) is 0 Å². The molecule has 0 aliphatic heterocycles. The molecule has 30 heavy (non-hydrogen) atoms. The van der Waals surface area contributed by atoms with Gasteiger partial charge in [0.15, 0.2) is 5.82 Å². The molecule has 6 rings (SSSR count). The fraction of sp³-hybridized carbons (Fsp3) is 0. The summed E-state index contributed by atoms with van der Waals surface area (Å²) in [5, 5.41) is 4.14. The molecule has 0 saturated carbocycles. The second kappa shape index (κ2) is 6.68. The standard InChI is InChI=1S/C26H16ClN3/c27-18-15-13-17(14-16-18)25-28-22-10-4-1-9-21(22)26(29-25)30-23-11-5-2-7-19(23)20-8-3-6-12-24(20)30/h1-16H. The molecule has 0 N–H and O–H groups in total. The third-order valence-corrected chi connectivity index (χ3v) is 5.73. The van der Waals surface area contributed by atoms with Crippen molar-refractivity contribution in [2.75, 3.05) is 0 Å². The summed E-state index contributed by atoms with van der Waals surface area (Å²) >= 11 is 6.09. The predicted molar refractivity (Wildman–Crippen MR) is 124 cm³/mol. The van der Waals surface area contributed by atoms with Crippen molar-refractivity contribution >= 4 is 44.3 Å². The molecule has 4 aromatic carbocycles. The van der Waals surface area contributed by atoms with E-state index in [-0.39, 0.29) is 0 Å². The lowest BCUT2D eigenvalue weighted by Crippen LogP contribution is -2.02. The molecule has 3 nitrogen and oxygen atoms in total. The number of hydrogen-bond donors (Lipinski definition) is 0. The Morgan fingerprint density at radius 2 is 1.13 bits per heavy atom. The molecule has 0 saturated heterocycles. The first-order valence-electron chi connectivity index (χ1n) is 9.81. The fourth-order valence-corrected chi connectivity index (χ4v) is 4.24. The van der Waals surface area contributed by atoms with E-state index in [1.54, 1.807) is 0 Å². The summed E-state index contributed by atoms with van der Waals surface area (Å²) in [6.45, 7) is 0. The van der Waals surface area contributed by atoms with Crippen LogP contribution in [0.3, 0.4) is 0 Å². The monoisotopic (exact) mass is 405 g/mol. The van der Waals surface area contributed by atoms with Gasteiger partial charge in [-0.05, 0) is 48.5 Å². The van der Waals surface area contributed by atoms with Crippen LogP contribution in [0.2, 0.25) is 5.02 Å². The van der Waals surface area contributed by atoms with Gasteiger partial charge in [-0.2, -0.15) is 0 Å². The molecule has 0 atom stereocenters. The molecule has 0 bridgehead atoms. The molecule has 2 aromatic heterocycles. The molecule has 0 radical (unpaired) electrons. The summed E-state index contributed by atoms with van der Waals surface area (Å²) in [5.74, 6) is 1.56. The summed E-state index contributed by atoms with van der Waals surface area (Å²) in [6.07, 6.45) is 0. The lowest BCUT2D eigenvalue weighted by atomic mass is 10.2. The highest BCUT2D eigenvalue weighted by molar-refractivity contribution is 6.30. The quantitative estimate of drug-likeness (QED) is 0.309. The summed E-state index contributed by atoms with van der Waals surface area (Å²) in [6, 6.07) is 32.7. The number of halogens is 1. The van der Waals surface area contributed by atoms with Crippen LogP contribution < -0.4 is 0 Å². The van der Waals surface area contributed by atoms with Gasteiger partial charge in [-0.1, -0.05) is 60.1 Å². The number of rotatable bonds is 2. The highest BCUT2D eigenvalue weighted by atomic mass is 35.5. The van der Waals surface area contributed by atoms with Gasteiger partial charge in [0.25, 0.3) is 0 Å². The summed E-state index contributed by atoms with van der Waals surface area (Å²) in [4.78, 5) is 9.89. The lowest BCUT2D eigenvalue weighted by Gasteiger charge is -2.12. The average Bonchev–Trinajstić information content (AvgIpc) is 3.13. The molecule has 0 fully saturated rings. The van der Waals surface area contributed by atoms with E-state index in [1.807, 2.05) is 42.5 Å². The molecule has 0 aliphatic carbocycles. The normalized spacial score (nSPS) is 11.5. The van der Waals surface area contributed by atoms with E-state index in [9.17, 15) is 0 Å². The van der Waals surface area contributed by atoms with Crippen molar-refractivity contribution in [3.8, 4) is 17.2 Å². The molecule has 142 valence electrons. The van der Waals surface area contributed by atoms with Crippen LogP contribution >= 0.6 is 11.6 Å². The molecule has 0 aliphatic rings. The van der Waals surface area contributed by atoms with E-state index in [0.29, 0.717) is 10.8 Å². The molecule has 0 amide bonds. The zero-order valence-corrected chi connectivity index (χ0v) is 16.7. The Morgan fingerprint density at radius 3 is 1.80 bits per heavy atom. The molecule has 6 aromatic rings. The second-order valence-electron chi connectivity index (χ2n) is 7.26. The molecule has 0 spiro atoms. The third kappa shape index (κ3) is 2.60. The van der Waals surface area contributed by atoms with Gasteiger partial charge in [0.2, 0.25) is 0 Å². The number of fused-ring (bicyclic) bond motifs is 4. The van der Waals surface area contributed by atoms with E-state index < -0.39 is 0 Å². The summed E-state index contributed by atoms with van der Waals surface area (Å²) in [5.41, 5.74) is 4.11. The Labute approximate surface area is 178 Å². The maximum Gasteiger partial charge on any atom is 0.162 e. The van der Waals surface area contributed by atoms with E-state index >= 15 is 0 Å². The molecule has 2 heterocycles. The van der Waals surface area contributed by atoms with Crippen molar-refractivity contribution in [2.45, 2.75) is 0 Å². The van der Waals surface area contributed by atoms with E-state index in [0.717, 1.165) is 33.3 Å².